The molecule has 0 heterocycles. The molecule has 6 nitrogen and oxygen atoms in total. The van der Waals surface area contributed by atoms with Crippen LogP contribution in [0.3, 0.4) is 0 Å². The first-order valence-electron chi connectivity index (χ1n) is 6.87. The van der Waals surface area contributed by atoms with E-state index in [4.69, 9.17) is 4.74 Å². The zero-order chi connectivity index (χ0) is 15.2. The smallest absolute Gasteiger partial charge is 0.318 e. The van der Waals surface area contributed by atoms with E-state index >= 15 is 0 Å². The van der Waals surface area contributed by atoms with Crippen molar-refractivity contribution >= 4 is 11.6 Å². The van der Waals surface area contributed by atoms with E-state index in [1.807, 2.05) is 0 Å². The second kappa shape index (κ2) is 7.12. The minimum Gasteiger partial charge on any atom is -0.318 e. The number of alkyl halides is 1. The fraction of sp³-hybridized carbons (Fsp3) is 0.500. The second-order valence-electron chi connectivity index (χ2n) is 4.97. The summed E-state index contributed by atoms with van der Waals surface area (Å²) in [6.07, 6.45) is -1.86. The zero-order valence-corrected chi connectivity index (χ0v) is 11.4. The molecule has 1 fully saturated rings. The first-order valence-corrected chi connectivity index (χ1v) is 6.87. The minimum absolute atomic E-state index is 0.315. The Hall–Kier alpha value is -2.02. The first kappa shape index (κ1) is 15.4. The number of hydrogen-bond donors (Lipinski definition) is 1. The van der Waals surface area contributed by atoms with Gasteiger partial charge in [0, 0.05) is 5.69 Å². The van der Waals surface area contributed by atoms with Gasteiger partial charge in [-0.1, -0.05) is 31.0 Å². The monoisotopic (exact) mass is 296 g/mol. The van der Waals surface area contributed by atoms with E-state index in [1.54, 1.807) is 30.3 Å². The van der Waals surface area contributed by atoms with Crippen LogP contribution in [0, 0.1) is 10.1 Å². The molecule has 1 aliphatic rings. The molecule has 0 spiro atoms. The highest BCUT2D eigenvalue weighted by molar-refractivity contribution is 5.93. The fourth-order valence-corrected chi connectivity index (χ4v) is 2.30. The number of para-hydroxylation sites is 1. The summed E-state index contributed by atoms with van der Waals surface area (Å²) in [5.74, 6) is -0.899. The number of hydrogen-bond acceptors (Lipinski definition) is 4. The molecule has 1 aromatic rings. The fourth-order valence-electron chi connectivity index (χ4n) is 2.30. The summed E-state index contributed by atoms with van der Waals surface area (Å²) >= 11 is 0. The van der Waals surface area contributed by atoms with Crippen molar-refractivity contribution in [2.24, 2.45) is 0 Å². The van der Waals surface area contributed by atoms with E-state index in [-0.39, 0.29) is 0 Å². The summed E-state index contributed by atoms with van der Waals surface area (Å²) in [5.41, 5.74) is 0.429. The summed E-state index contributed by atoms with van der Waals surface area (Å²) < 4.78 is 18.8. The summed E-state index contributed by atoms with van der Waals surface area (Å²) in [5, 5.41) is 13.4. The highest BCUT2D eigenvalue weighted by Crippen LogP contribution is 2.25. The molecule has 1 amide bonds. The SMILES string of the molecule is O=C(Nc1ccccc1)C(OC1CCCCC1F)[N+](=O)[O-]. The molecule has 1 aliphatic carbocycles. The van der Waals surface area contributed by atoms with Crippen LogP contribution in [0.2, 0.25) is 0 Å². The number of ether oxygens (including phenoxy) is 1. The van der Waals surface area contributed by atoms with Gasteiger partial charge in [0.2, 0.25) is 0 Å². The number of nitrogens with zero attached hydrogens (tertiary/aromatic N) is 1. The minimum atomic E-state index is -1.90. The van der Waals surface area contributed by atoms with Crippen LogP contribution in [0.1, 0.15) is 25.7 Å². The second-order valence-corrected chi connectivity index (χ2v) is 4.97. The van der Waals surface area contributed by atoms with Crippen LogP contribution in [-0.2, 0) is 9.53 Å². The number of anilines is 1. The van der Waals surface area contributed by atoms with Gasteiger partial charge in [-0.3, -0.25) is 14.9 Å². The Kier molecular flexibility index (Phi) is 5.21. The molecule has 0 aliphatic heterocycles. The van der Waals surface area contributed by atoms with Crippen molar-refractivity contribution in [1.29, 1.82) is 0 Å². The maximum absolute atomic E-state index is 13.7. The lowest BCUT2D eigenvalue weighted by Crippen LogP contribution is -2.43. The van der Waals surface area contributed by atoms with Crippen molar-refractivity contribution in [2.45, 2.75) is 44.2 Å². The number of carbonyl (C=O) groups excluding carboxylic acids is 1. The van der Waals surface area contributed by atoms with E-state index in [0.29, 0.717) is 18.5 Å². The number of halogens is 1. The Morgan fingerprint density at radius 3 is 2.62 bits per heavy atom. The lowest BCUT2D eigenvalue weighted by molar-refractivity contribution is -0.563. The normalized spacial score (nSPS) is 23.3. The number of amides is 1. The van der Waals surface area contributed by atoms with Crippen LogP contribution in [0.15, 0.2) is 30.3 Å². The van der Waals surface area contributed by atoms with E-state index in [2.05, 4.69) is 5.32 Å². The predicted octanol–water partition coefficient (Wildman–Crippen LogP) is 2.53. The van der Waals surface area contributed by atoms with Crippen molar-refractivity contribution < 1.29 is 18.8 Å². The molecule has 21 heavy (non-hydrogen) atoms. The van der Waals surface area contributed by atoms with Crippen LogP contribution in [0.25, 0.3) is 0 Å². The predicted molar refractivity (Wildman–Crippen MR) is 74.1 cm³/mol. The number of benzene rings is 1. The Labute approximate surface area is 121 Å². The van der Waals surface area contributed by atoms with E-state index in [1.165, 1.54) is 0 Å². The molecular weight excluding hydrogens is 279 g/mol. The third kappa shape index (κ3) is 4.22. The van der Waals surface area contributed by atoms with E-state index in [0.717, 1.165) is 12.8 Å². The molecule has 2 rings (SSSR count). The van der Waals surface area contributed by atoms with Gasteiger partial charge >= 0.3 is 12.1 Å². The molecule has 0 aromatic heterocycles. The Bertz CT molecular complexity index is 497. The van der Waals surface area contributed by atoms with Gasteiger partial charge in [0.1, 0.15) is 6.17 Å². The van der Waals surface area contributed by atoms with Crippen molar-refractivity contribution in [1.82, 2.24) is 0 Å². The summed E-state index contributed by atoms with van der Waals surface area (Å²) in [7, 11) is 0. The van der Waals surface area contributed by atoms with Gasteiger partial charge in [-0.25, -0.2) is 4.39 Å². The van der Waals surface area contributed by atoms with E-state index < -0.39 is 29.3 Å². The van der Waals surface area contributed by atoms with Crippen LogP contribution in [0.4, 0.5) is 10.1 Å². The zero-order valence-electron chi connectivity index (χ0n) is 11.4. The molecule has 1 N–H and O–H groups in total. The van der Waals surface area contributed by atoms with Crippen molar-refractivity contribution in [3.8, 4) is 0 Å². The van der Waals surface area contributed by atoms with Crippen LogP contribution in [-0.4, -0.2) is 29.3 Å². The molecule has 1 saturated carbocycles. The van der Waals surface area contributed by atoms with E-state index in [9.17, 15) is 19.3 Å². The van der Waals surface area contributed by atoms with Crippen molar-refractivity contribution in [2.75, 3.05) is 5.32 Å². The highest BCUT2D eigenvalue weighted by atomic mass is 19.1. The summed E-state index contributed by atoms with van der Waals surface area (Å²) in [6, 6.07) is 8.35. The lowest BCUT2D eigenvalue weighted by Gasteiger charge is -2.26. The molecule has 7 heteroatoms. The maximum Gasteiger partial charge on any atom is 0.395 e. The highest BCUT2D eigenvalue weighted by Gasteiger charge is 2.37. The standard InChI is InChI=1S/C14H17FN2O4/c15-11-8-4-5-9-12(11)21-14(17(19)20)13(18)16-10-6-2-1-3-7-10/h1-3,6-7,11-12,14H,4-5,8-9H2,(H,16,18). The van der Waals surface area contributed by atoms with Gasteiger partial charge in [-0.15, -0.1) is 0 Å². The first-order chi connectivity index (χ1) is 10.1. The van der Waals surface area contributed by atoms with Crippen molar-refractivity contribution in [3.63, 3.8) is 0 Å². The molecule has 0 saturated heterocycles. The number of carbonyl (C=O) groups is 1. The third-order valence-corrected chi connectivity index (χ3v) is 3.38. The van der Waals surface area contributed by atoms with Gasteiger partial charge in [-0.05, 0) is 25.0 Å². The summed E-state index contributed by atoms with van der Waals surface area (Å²) in [6.45, 7) is 0. The molecule has 0 bridgehead atoms. The number of rotatable bonds is 5. The molecule has 3 unspecified atom stereocenters. The third-order valence-electron chi connectivity index (χ3n) is 3.38. The Morgan fingerprint density at radius 2 is 2.00 bits per heavy atom. The molecule has 3 atom stereocenters. The molecular formula is C14H17FN2O4. The molecule has 114 valence electrons. The largest absolute Gasteiger partial charge is 0.395 e. The van der Waals surface area contributed by atoms with Gasteiger partial charge in [0.15, 0.2) is 0 Å². The Balaban J connectivity index is 2.01. The molecule has 1 aromatic carbocycles. The topological polar surface area (TPSA) is 81.5 Å². The number of nitrogens with one attached hydrogen (secondary N) is 1. The maximum atomic E-state index is 13.7. The summed E-state index contributed by atoms with van der Waals surface area (Å²) in [4.78, 5) is 22.1. The average molecular weight is 296 g/mol. The van der Waals surface area contributed by atoms with Gasteiger partial charge in [-0.2, -0.15) is 0 Å². The van der Waals surface area contributed by atoms with Gasteiger partial charge < -0.3 is 10.1 Å². The van der Waals surface area contributed by atoms with Crippen LogP contribution in [0.5, 0.6) is 0 Å². The molecule has 0 radical (unpaired) electrons. The Morgan fingerprint density at radius 1 is 1.33 bits per heavy atom. The van der Waals surface area contributed by atoms with Crippen LogP contribution < -0.4 is 5.32 Å². The van der Waals surface area contributed by atoms with Gasteiger partial charge in [0.25, 0.3) is 0 Å². The number of nitro groups is 1. The lowest BCUT2D eigenvalue weighted by atomic mass is 9.96. The van der Waals surface area contributed by atoms with Gasteiger partial charge in [0.05, 0.1) is 11.0 Å². The van der Waals surface area contributed by atoms with Crippen molar-refractivity contribution in [3.05, 3.63) is 40.4 Å². The average Bonchev–Trinajstić information content (AvgIpc) is 2.47. The van der Waals surface area contributed by atoms with Crippen LogP contribution >= 0.6 is 0 Å². The quantitative estimate of drug-likeness (QED) is 0.514.